The number of aromatic nitrogens is 5. The highest BCUT2D eigenvalue weighted by Crippen LogP contribution is 2.24. The molecule has 1 aliphatic rings. The van der Waals surface area contributed by atoms with E-state index >= 15 is 0 Å². The third-order valence-corrected chi connectivity index (χ3v) is 3.37. The van der Waals surface area contributed by atoms with E-state index in [-0.39, 0.29) is 0 Å². The number of rotatable bonds is 2. The third-order valence-electron chi connectivity index (χ3n) is 3.37. The molecule has 17 heavy (non-hydrogen) atoms. The Morgan fingerprint density at radius 1 is 1.29 bits per heavy atom. The van der Waals surface area contributed by atoms with Gasteiger partial charge in [-0.2, -0.15) is 5.10 Å². The van der Waals surface area contributed by atoms with Crippen LogP contribution in [0.2, 0.25) is 0 Å². The van der Waals surface area contributed by atoms with Crippen LogP contribution >= 0.6 is 0 Å². The Morgan fingerprint density at radius 2 is 2.18 bits per heavy atom. The molecule has 5 heteroatoms. The number of hydrogen-bond donors (Lipinski definition) is 0. The second-order valence-electron chi connectivity index (χ2n) is 4.53. The van der Waals surface area contributed by atoms with Crippen molar-refractivity contribution in [2.45, 2.75) is 46.2 Å². The SMILES string of the molecule is CCn1cc(-c2nnc3n2CCCC3)c(C)n1. The minimum atomic E-state index is 0.891. The summed E-state index contributed by atoms with van der Waals surface area (Å²) in [6, 6.07) is 0. The topological polar surface area (TPSA) is 48.5 Å². The van der Waals surface area contributed by atoms with Crippen LogP contribution in [-0.2, 0) is 19.5 Å². The van der Waals surface area contributed by atoms with Gasteiger partial charge in [0, 0.05) is 25.7 Å². The van der Waals surface area contributed by atoms with Gasteiger partial charge in [0.1, 0.15) is 5.82 Å². The van der Waals surface area contributed by atoms with Gasteiger partial charge >= 0.3 is 0 Å². The zero-order valence-electron chi connectivity index (χ0n) is 10.3. The van der Waals surface area contributed by atoms with E-state index in [1.54, 1.807) is 0 Å². The van der Waals surface area contributed by atoms with Crippen molar-refractivity contribution in [1.29, 1.82) is 0 Å². The summed E-state index contributed by atoms with van der Waals surface area (Å²) < 4.78 is 4.20. The van der Waals surface area contributed by atoms with Crippen molar-refractivity contribution in [2.24, 2.45) is 0 Å². The molecule has 0 unspecified atom stereocenters. The molecule has 3 heterocycles. The Morgan fingerprint density at radius 3 is 2.94 bits per heavy atom. The van der Waals surface area contributed by atoms with Gasteiger partial charge in [-0.15, -0.1) is 10.2 Å². The predicted octanol–water partition coefficient (Wildman–Crippen LogP) is 1.81. The number of nitrogens with zero attached hydrogens (tertiary/aromatic N) is 5. The Labute approximate surface area is 100 Å². The molecule has 0 atom stereocenters. The van der Waals surface area contributed by atoms with E-state index < -0.39 is 0 Å². The smallest absolute Gasteiger partial charge is 0.167 e. The van der Waals surface area contributed by atoms with Crippen LogP contribution in [0.25, 0.3) is 11.4 Å². The van der Waals surface area contributed by atoms with Crippen LogP contribution in [0.3, 0.4) is 0 Å². The highest BCUT2D eigenvalue weighted by atomic mass is 15.3. The van der Waals surface area contributed by atoms with Crippen molar-refractivity contribution in [1.82, 2.24) is 24.5 Å². The molecular formula is C12H17N5. The van der Waals surface area contributed by atoms with E-state index in [0.717, 1.165) is 42.4 Å². The largest absolute Gasteiger partial charge is 0.311 e. The molecule has 90 valence electrons. The summed E-state index contributed by atoms with van der Waals surface area (Å²) >= 11 is 0. The van der Waals surface area contributed by atoms with Gasteiger partial charge in [0.2, 0.25) is 0 Å². The molecule has 2 aromatic rings. The van der Waals surface area contributed by atoms with Crippen LogP contribution in [0.1, 0.15) is 31.3 Å². The van der Waals surface area contributed by atoms with Gasteiger partial charge in [0.25, 0.3) is 0 Å². The van der Waals surface area contributed by atoms with Gasteiger partial charge < -0.3 is 4.57 Å². The molecule has 0 N–H and O–H groups in total. The van der Waals surface area contributed by atoms with Gasteiger partial charge in [0.05, 0.1) is 11.3 Å². The molecule has 0 aliphatic carbocycles. The van der Waals surface area contributed by atoms with Gasteiger partial charge in [0.15, 0.2) is 5.82 Å². The fourth-order valence-electron chi connectivity index (χ4n) is 2.41. The second kappa shape index (κ2) is 3.98. The molecule has 0 bridgehead atoms. The maximum Gasteiger partial charge on any atom is 0.167 e. The van der Waals surface area contributed by atoms with E-state index in [1.165, 1.54) is 12.8 Å². The van der Waals surface area contributed by atoms with Gasteiger partial charge in [-0.1, -0.05) is 0 Å². The van der Waals surface area contributed by atoms with Crippen molar-refractivity contribution in [3.05, 3.63) is 17.7 Å². The lowest BCUT2D eigenvalue weighted by molar-refractivity contribution is 0.526. The summed E-state index contributed by atoms with van der Waals surface area (Å²) in [5, 5.41) is 13.1. The molecule has 0 radical (unpaired) electrons. The van der Waals surface area contributed by atoms with Crippen LogP contribution in [0, 0.1) is 6.92 Å². The van der Waals surface area contributed by atoms with E-state index in [9.17, 15) is 0 Å². The maximum atomic E-state index is 4.47. The summed E-state index contributed by atoms with van der Waals surface area (Å²) in [4.78, 5) is 0. The molecule has 0 fully saturated rings. The number of aryl methyl sites for hydroxylation is 3. The van der Waals surface area contributed by atoms with Crippen LogP contribution in [0.15, 0.2) is 6.20 Å². The Bertz CT molecular complexity index is 537. The monoisotopic (exact) mass is 231 g/mol. The van der Waals surface area contributed by atoms with Crippen LogP contribution in [0.4, 0.5) is 0 Å². The summed E-state index contributed by atoms with van der Waals surface area (Å²) in [6.45, 7) is 6.05. The molecule has 0 saturated carbocycles. The minimum Gasteiger partial charge on any atom is -0.311 e. The number of hydrogen-bond acceptors (Lipinski definition) is 3. The summed E-state index contributed by atoms with van der Waals surface area (Å²) in [6.07, 6.45) is 5.57. The zero-order valence-corrected chi connectivity index (χ0v) is 10.3. The summed E-state index contributed by atoms with van der Waals surface area (Å²) in [5.41, 5.74) is 2.15. The standard InChI is InChI=1S/C12H17N5/c1-3-16-8-10(9(2)15-16)12-14-13-11-6-4-5-7-17(11)12/h8H,3-7H2,1-2H3. The molecule has 2 aromatic heterocycles. The van der Waals surface area contributed by atoms with Gasteiger partial charge in [-0.05, 0) is 26.7 Å². The molecule has 3 rings (SSSR count). The first kappa shape index (κ1) is 10.5. The van der Waals surface area contributed by atoms with Crippen molar-refractivity contribution in [3.63, 3.8) is 0 Å². The molecule has 0 saturated heterocycles. The van der Waals surface area contributed by atoms with Gasteiger partial charge in [-0.3, -0.25) is 4.68 Å². The Balaban J connectivity index is 2.08. The first-order valence-electron chi connectivity index (χ1n) is 6.26. The lowest BCUT2D eigenvalue weighted by Gasteiger charge is -2.14. The van der Waals surface area contributed by atoms with Crippen molar-refractivity contribution in [3.8, 4) is 11.4 Å². The zero-order chi connectivity index (χ0) is 11.8. The van der Waals surface area contributed by atoms with E-state index in [1.807, 2.05) is 11.6 Å². The van der Waals surface area contributed by atoms with Crippen LogP contribution in [0.5, 0.6) is 0 Å². The summed E-state index contributed by atoms with van der Waals surface area (Å²) in [7, 11) is 0. The van der Waals surface area contributed by atoms with E-state index in [0.29, 0.717) is 0 Å². The average Bonchev–Trinajstić information content (AvgIpc) is 2.92. The van der Waals surface area contributed by atoms with E-state index in [4.69, 9.17) is 0 Å². The number of fused-ring (bicyclic) bond motifs is 1. The van der Waals surface area contributed by atoms with Gasteiger partial charge in [-0.25, -0.2) is 0 Å². The molecule has 1 aliphatic heterocycles. The molecule has 0 spiro atoms. The average molecular weight is 231 g/mol. The first-order chi connectivity index (χ1) is 8.29. The third kappa shape index (κ3) is 1.66. The predicted molar refractivity (Wildman–Crippen MR) is 64.6 cm³/mol. The fraction of sp³-hybridized carbons (Fsp3) is 0.583. The molecule has 5 nitrogen and oxygen atoms in total. The van der Waals surface area contributed by atoms with Crippen molar-refractivity contribution >= 4 is 0 Å². The highest BCUT2D eigenvalue weighted by molar-refractivity contribution is 5.57. The Hall–Kier alpha value is -1.65. The molecular weight excluding hydrogens is 214 g/mol. The van der Waals surface area contributed by atoms with Crippen LogP contribution in [-0.4, -0.2) is 24.5 Å². The quantitative estimate of drug-likeness (QED) is 0.792. The lowest BCUT2D eigenvalue weighted by atomic mass is 10.1. The highest BCUT2D eigenvalue weighted by Gasteiger charge is 2.19. The first-order valence-corrected chi connectivity index (χ1v) is 6.26. The van der Waals surface area contributed by atoms with E-state index in [2.05, 4.69) is 33.0 Å². The van der Waals surface area contributed by atoms with Crippen molar-refractivity contribution in [2.75, 3.05) is 0 Å². The van der Waals surface area contributed by atoms with Crippen molar-refractivity contribution < 1.29 is 0 Å². The fourth-order valence-corrected chi connectivity index (χ4v) is 2.41. The molecule has 0 aromatic carbocycles. The Kier molecular flexibility index (Phi) is 2.46. The molecule has 0 amide bonds. The normalized spacial score (nSPS) is 14.9. The second-order valence-corrected chi connectivity index (χ2v) is 4.53. The van der Waals surface area contributed by atoms with Crippen LogP contribution < -0.4 is 0 Å². The summed E-state index contributed by atoms with van der Waals surface area (Å²) in [5.74, 6) is 2.10. The lowest BCUT2D eigenvalue weighted by Crippen LogP contribution is -2.11. The maximum absolute atomic E-state index is 4.47. The minimum absolute atomic E-state index is 0.891.